The van der Waals surface area contributed by atoms with Gasteiger partial charge in [0.05, 0.1) is 11.4 Å². The molecule has 10 heteroatoms. The van der Waals surface area contributed by atoms with Crippen molar-refractivity contribution in [3.05, 3.63) is 128 Å². The summed E-state index contributed by atoms with van der Waals surface area (Å²) in [5.41, 5.74) is 24.7. The Bertz CT molecular complexity index is 1710. The second kappa shape index (κ2) is 15.4. The van der Waals surface area contributed by atoms with Crippen molar-refractivity contribution >= 4 is 69.8 Å². The number of nitrogens with two attached hydrogens (primary N) is 2. The summed E-state index contributed by atoms with van der Waals surface area (Å²) in [5, 5.41) is 17.2. The molecule has 4 aromatic rings. The topological polar surface area (TPSA) is 152 Å². The monoisotopic (exact) mass is 656 g/mol. The average molecular weight is 658 g/mol. The molecule has 0 unspecified atom stereocenters. The molecule has 0 bridgehead atoms. The van der Waals surface area contributed by atoms with Crippen LogP contribution in [-0.2, 0) is 22.4 Å². The van der Waals surface area contributed by atoms with E-state index in [-0.39, 0.29) is 0 Å². The first kappa shape index (κ1) is 34.0. The maximum Gasteiger partial charge on any atom is 0.328 e. The number of halogens is 2. The predicted octanol–water partition coefficient (Wildman–Crippen LogP) is 7.94. The number of aromatic nitrogens is 2. The van der Waals surface area contributed by atoms with Crippen molar-refractivity contribution in [3.63, 3.8) is 0 Å². The van der Waals surface area contributed by atoms with E-state index in [0.717, 1.165) is 69.9 Å². The van der Waals surface area contributed by atoms with Crippen LogP contribution in [0, 0.1) is 13.8 Å². The third-order valence-electron chi connectivity index (χ3n) is 7.18. The van der Waals surface area contributed by atoms with Crippen molar-refractivity contribution in [1.82, 2.24) is 9.97 Å². The largest absolute Gasteiger partial charge is 0.478 e. The number of hydrogen-bond acceptors (Lipinski definition) is 6. The van der Waals surface area contributed by atoms with Gasteiger partial charge in [0, 0.05) is 45.0 Å². The molecule has 2 aliphatic rings. The quantitative estimate of drug-likeness (QED) is 0.162. The van der Waals surface area contributed by atoms with Gasteiger partial charge in [-0.2, -0.15) is 0 Å². The first-order chi connectivity index (χ1) is 21.9. The van der Waals surface area contributed by atoms with Gasteiger partial charge < -0.3 is 21.7 Å². The summed E-state index contributed by atoms with van der Waals surface area (Å²) in [7, 11) is 0. The molecule has 0 amide bonds. The molecular formula is C36H34Cl2N4O4. The van der Waals surface area contributed by atoms with Gasteiger partial charge >= 0.3 is 11.9 Å². The molecule has 2 heterocycles. The summed E-state index contributed by atoms with van der Waals surface area (Å²) >= 11 is 12.1. The number of carbonyl (C=O) groups is 2. The summed E-state index contributed by atoms with van der Waals surface area (Å²) in [6.45, 7) is 3.93. The Kier molecular flexibility index (Phi) is 11.4. The number of aliphatic carboxylic acids is 2. The number of rotatable bonds is 4. The zero-order valence-corrected chi connectivity index (χ0v) is 26.9. The van der Waals surface area contributed by atoms with Crippen LogP contribution in [0.5, 0.6) is 0 Å². The van der Waals surface area contributed by atoms with Gasteiger partial charge in [-0.1, -0.05) is 35.3 Å². The van der Waals surface area contributed by atoms with Gasteiger partial charge in [-0.15, -0.1) is 0 Å². The zero-order valence-electron chi connectivity index (χ0n) is 25.4. The number of allylic oxidation sites excluding steroid dienone is 2. The van der Waals surface area contributed by atoms with Crippen LogP contribution in [0.25, 0.3) is 23.3 Å². The first-order valence-corrected chi connectivity index (χ1v) is 15.2. The molecule has 0 spiro atoms. The van der Waals surface area contributed by atoms with E-state index >= 15 is 0 Å². The predicted molar refractivity (Wildman–Crippen MR) is 186 cm³/mol. The third-order valence-corrected chi connectivity index (χ3v) is 7.65. The van der Waals surface area contributed by atoms with E-state index in [2.05, 4.69) is 34.3 Å². The van der Waals surface area contributed by atoms with Gasteiger partial charge in [0.1, 0.15) is 0 Å². The minimum Gasteiger partial charge on any atom is -0.478 e. The maximum atomic E-state index is 9.55. The Morgan fingerprint density at radius 1 is 0.652 bits per heavy atom. The van der Waals surface area contributed by atoms with Crippen LogP contribution in [-0.4, -0.2) is 32.1 Å². The summed E-state index contributed by atoms with van der Waals surface area (Å²) in [6, 6.07) is 19.8. The van der Waals surface area contributed by atoms with E-state index < -0.39 is 11.9 Å². The fourth-order valence-corrected chi connectivity index (χ4v) is 5.54. The van der Waals surface area contributed by atoms with Gasteiger partial charge in [-0.25, -0.2) is 9.59 Å². The number of nitrogen functional groups attached to an aromatic ring is 2. The second-order valence-corrected chi connectivity index (χ2v) is 11.8. The average Bonchev–Trinajstić information content (AvgIpc) is 2.99. The number of aryl methyl sites for hydroxylation is 4. The fraction of sp³-hybridized carbons (Fsp3) is 0.167. The zero-order chi connectivity index (χ0) is 33.4. The Labute approximate surface area is 277 Å². The number of carboxylic acids is 2. The van der Waals surface area contributed by atoms with Crippen LogP contribution in [0.1, 0.15) is 57.9 Å². The smallest absolute Gasteiger partial charge is 0.328 e. The molecule has 0 fully saturated rings. The Morgan fingerprint density at radius 2 is 1.04 bits per heavy atom. The lowest BCUT2D eigenvalue weighted by Gasteiger charge is -2.17. The minimum atomic E-state index is -1.26. The molecule has 0 aliphatic heterocycles. The van der Waals surface area contributed by atoms with Crippen molar-refractivity contribution in [2.45, 2.75) is 39.5 Å². The lowest BCUT2D eigenvalue weighted by atomic mass is 9.90. The van der Waals surface area contributed by atoms with Crippen LogP contribution in [0.3, 0.4) is 0 Å². The molecule has 0 saturated heterocycles. The summed E-state index contributed by atoms with van der Waals surface area (Å²) in [4.78, 5) is 28.3. The van der Waals surface area contributed by atoms with Gasteiger partial charge in [0.15, 0.2) is 0 Å². The van der Waals surface area contributed by atoms with Gasteiger partial charge in [-0.3, -0.25) is 9.97 Å². The molecule has 8 nitrogen and oxygen atoms in total. The van der Waals surface area contributed by atoms with Crippen LogP contribution in [0.15, 0.2) is 72.8 Å². The fourth-order valence-electron chi connectivity index (χ4n) is 5.18. The molecule has 236 valence electrons. The van der Waals surface area contributed by atoms with E-state index in [0.29, 0.717) is 12.2 Å². The maximum absolute atomic E-state index is 9.55. The summed E-state index contributed by atoms with van der Waals surface area (Å²) in [6.07, 6.45) is 9.49. The molecule has 2 aromatic heterocycles. The number of carboxylic acid groups (broad SMARTS) is 2. The standard InChI is InChI=1S/2C16H15ClN2.C4H4O4/c2*1-10-6-15(18)9-16(19-10)12-3-2-11-4-5-14(17)8-13(11)7-12;5-3(6)1-2-4(7)8/h2*4-9H,2-3H2,1H3,(H2,18,19);1-2H,(H,5,6)(H,7,8)/b;;2-1+. The Morgan fingerprint density at radius 3 is 1.39 bits per heavy atom. The van der Waals surface area contributed by atoms with Crippen LogP contribution in [0.4, 0.5) is 11.4 Å². The van der Waals surface area contributed by atoms with Crippen LogP contribution in [0.2, 0.25) is 10.0 Å². The van der Waals surface area contributed by atoms with E-state index in [1.807, 2.05) is 62.4 Å². The van der Waals surface area contributed by atoms with Gasteiger partial charge in [0.2, 0.25) is 0 Å². The molecule has 6 rings (SSSR count). The van der Waals surface area contributed by atoms with E-state index in [4.69, 9.17) is 44.9 Å². The lowest BCUT2D eigenvalue weighted by Crippen LogP contribution is -2.02. The number of pyridine rings is 2. The van der Waals surface area contributed by atoms with Crippen molar-refractivity contribution in [2.75, 3.05) is 11.5 Å². The van der Waals surface area contributed by atoms with Crippen LogP contribution < -0.4 is 11.5 Å². The first-order valence-electron chi connectivity index (χ1n) is 14.5. The highest BCUT2D eigenvalue weighted by molar-refractivity contribution is 6.31. The number of hydrogen-bond donors (Lipinski definition) is 4. The number of anilines is 2. The molecule has 2 aliphatic carbocycles. The normalized spacial score (nSPS) is 13.1. The van der Waals surface area contributed by atoms with Gasteiger partial charge in [0.25, 0.3) is 0 Å². The van der Waals surface area contributed by atoms with Crippen LogP contribution >= 0.6 is 23.2 Å². The van der Waals surface area contributed by atoms with E-state index in [1.165, 1.54) is 33.4 Å². The number of fused-ring (bicyclic) bond motifs is 2. The number of nitrogens with zero attached hydrogens (tertiary/aromatic N) is 2. The summed E-state index contributed by atoms with van der Waals surface area (Å²) in [5.74, 6) is -2.51. The molecule has 0 saturated carbocycles. The van der Waals surface area contributed by atoms with Crippen molar-refractivity contribution in [1.29, 1.82) is 0 Å². The molecule has 46 heavy (non-hydrogen) atoms. The highest BCUT2D eigenvalue weighted by Gasteiger charge is 2.15. The van der Waals surface area contributed by atoms with Crippen molar-refractivity contribution in [2.24, 2.45) is 0 Å². The highest BCUT2D eigenvalue weighted by Crippen LogP contribution is 2.33. The lowest BCUT2D eigenvalue weighted by molar-refractivity contribution is -0.134. The number of benzene rings is 2. The van der Waals surface area contributed by atoms with E-state index in [9.17, 15) is 9.59 Å². The molecule has 0 atom stereocenters. The highest BCUT2D eigenvalue weighted by atomic mass is 35.5. The SMILES string of the molecule is Cc1cc(N)cc(C2=Cc3cc(Cl)ccc3CC2)n1.Cc1cc(N)cc(C2=Cc3cc(Cl)ccc3CC2)n1.O=C(O)/C=C/C(=O)O. The Hall–Kier alpha value is -4.92. The van der Waals surface area contributed by atoms with Gasteiger partial charge in [-0.05, 0) is 134 Å². The molecular weight excluding hydrogens is 623 g/mol. The third kappa shape index (κ3) is 9.79. The minimum absolute atomic E-state index is 0.558. The molecule has 6 N–H and O–H groups in total. The van der Waals surface area contributed by atoms with Crippen molar-refractivity contribution in [3.8, 4) is 0 Å². The van der Waals surface area contributed by atoms with Crippen molar-refractivity contribution < 1.29 is 19.8 Å². The molecule has 2 aromatic carbocycles. The Balaban J connectivity index is 0.000000170. The van der Waals surface area contributed by atoms with E-state index in [1.54, 1.807) is 0 Å². The second-order valence-electron chi connectivity index (χ2n) is 10.9. The summed E-state index contributed by atoms with van der Waals surface area (Å²) < 4.78 is 0. The molecule has 0 radical (unpaired) electrons.